The van der Waals surface area contributed by atoms with Gasteiger partial charge in [0, 0.05) is 6.20 Å². The maximum absolute atomic E-state index is 12.0. The van der Waals surface area contributed by atoms with E-state index in [0.717, 1.165) is 25.3 Å². The Hall–Kier alpha value is -0.980. The van der Waals surface area contributed by atoms with Crippen molar-refractivity contribution < 1.29 is 13.3 Å². The predicted octanol–water partition coefficient (Wildman–Crippen LogP) is -0.478. The van der Waals surface area contributed by atoms with Crippen molar-refractivity contribution >= 4 is 10.0 Å². The van der Waals surface area contributed by atoms with Gasteiger partial charge in [0.15, 0.2) is 0 Å². The molecule has 1 aromatic heterocycles. The fraction of sp³-hybridized carbons (Fsp3) is 0.615. The first kappa shape index (κ1) is 14.4. The van der Waals surface area contributed by atoms with E-state index in [1.807, 2.05) is 25.1 Å². The highest BCUT2D eigenvalue weighted by atomic mass is 32.2. The fourth-order valence-electron chi connectivity index (χ4n) is 2.40. The molecule has 0 atom stereocenters. The maximum Gasteiger partial charge on any atom is 0.214 e. The van der Waals surface area contributed by atoms with E-state index in [9.17, 15) is 8.42 Å². The van der Waals surface area contributed by atoms with Crippen LogP contribution < -0.4 is 4.90 Å². The molecular formula is C13H22N3O2S+. The zero-order valence-corrected chi connectivity index (χ0v) is 12.2. The van der Waals surface area contributed by atoms with Crippen LogP contribution in [0.4, 0.5) is 0 Å². The monoisotopic (exact) mass is 284 g/mol. The normalized spacial score (nSPS) is 18.6. The van der Waals surface area contributed by atoms with Gasteiger partial charge in [0.05, 0.1) is 37.6 Å². The minimum absolute atomic E-state index is 0.266. The molecule has 0 saturated carbocycles. The number of sulfonamides is 1. The molecule has 1 aliphatic heterocycles. The summed E-state index contributed by atoms with van der Waals surface area (Å²) in [5.74, 6) is 0.266. The molecule has 106 valence electrons. The Bertz CT molecular complexity index is 482. The Morgan fingerprint density at radius 2 is 2.05 bits per heavy atom. The molecule has 0 aliphatic carbocycles. The van der Waals surface area contributed by atoms with E-state index < -0.39 is 10.0 Å². The summed E-state index contributed by atoms with van der Waals surface area (Å²) in [5.41, 5.74) is 1.07. The maximum atomic E-state index is 12.0. The second-order valence-corrected chi connectivity index (χ2v) is 7.05. The molecule has 0 spiro atoms. The van der Waals surface area contributed by atoms with Gasteiger partial charge in [0.2, 0.25) is 10.0 Å². The van der Waals surface area contributed by atoms with Gasteiger partial charge in [-0.25, -0.2) is 8.42 Å². The highest BCUT2D eigenvalue weighted by molar-refractivity contribution is 7.89. The van der Waals surface area contributed by atoms with E-state index in [0.29, 0.717) is 19.5 Å². The van der Waals surface area contributed by atoms with Gasteiger partial charge >= 0.3 is 0 Å². The van der Waals surface area contributed by atoms with Crippen molar-refractivity contribution in [2.75, 3.05) is 31.9 Å². The van der Waals surface area contributed by atoms with Crippen LogP contribution in [0, 0.1) is 0 Å². The molecule has 19 heavy (non-hydrogen) atoms. The summed E-state index contributed by atoms with van der Waals surface area (Å²) in [6, 6.07) is 5.92. The summed E-state index contributed by atoms with van der Waals surface area (Å²) in [6.07, 6.45) is 2.49. The van der Waals surface area contributed by atoms with Gasteiger partial charge < -0.3 is 4.90 Å². The third kappa shape index (κ3) is 3.99. The molecule has 2 heterocycles. The van der Waals surface area contributed by atoms with Crippen molar-refractivity contribution in [2.45, 2.75) is 19.9 Å². The summed E-state index contributed by atoms with van der Waals surface area (Å²) in [6.45, 7) is 5.76. The molecule has 0 radical (unpaired) electrons. The number of rotatable bonds is 5. The van der Waals surface area contributed by atoms with Crippen LogP contribution in [0.25, 0.3) is 0 Å². The summed E-state index contributed by atoms with van der Waals surface area (Å²) in [4.78, 5) is 5.72. The van der Waals surface area contributed by atoms with Crippen LogP contribution in [0.15, 0.2) is 24.4 Å². The molecule has 2 rings (SSSR count). The van der Waals surface area contributed by atoms with Crippen LogP contribution in [0.5, 0.6) is 0 Å². The van der Waals surface area contributed by atoms with E-state index in [1.54, 1.807) is 10.5 Å². The lowest BCUT2D eigenvalue weighted by molar-refractivity contribution is -0.917. The highest BCUT2D eigenvalue weighted by Gasteiger charge is 2.28. The summed E-state index contributed by atoms with van der Waals surface area (Å²) >= 11 is 0. The van der Waals surface area contributed by atoms with Gasteiger partial charge in [-0.1, -0.05) is 13.0 Å². The lowest BCUT2D eigenvalue weighted by Crippen LogP contribution is -3.13. The smallest absolute Gasteiger partial charge is 0.214 e. The van der Waals surface area contributed by atoms with Crippen LogP contribution >= 0.6 is 0 Å². The molecule has 1 fully saturated rings. The zero-order valence-electron chi connectivity index (χ0n) is 11.4. The lowest BCUT2D eigenvalue weighted by atomic mass is 10.3. The number of hydrogen-bond donors (Lipinski definition) is 1. The van der Waals surface area contributed by atoms with Gasteiger partial charge in [0.25, 0.3) is 0 Å². The van der Waals surface area contributed by atoms with Crippen LogP contribution in [-0.2, 0) is 16.6 Å². The molecular weight excluding hydrogens is 262 g/mol. The first-order valence-corrected chi connectivity index (χ1v) is 8.44. The van der Waals surface area contributed by atoms with E-state index in [4.69, 9.17) is 0 Å². The van der Waals surface area contributed by atoms with E-state index in [-0.39, 0.29) is 5.75 Å². The van der Waals surface area contributed by atoms with E-state index in [1.165, 1.54) is 4.90 Å². The molecule has 1 saturated heterocycles. The molecule has 6 heteroatoms. The minimum Gasteiger partial charge on any atom is -0.328 e. The number of piperazine rings is 1. The molecule has 1 N–H and O–H groups in total. The quantitative estimate of drug-likeness (QED) is 0.795. The number of nitrogens with zero attached hydrogens (tertiary/aromatic N) is 2. The van der Waals surface area contributed by atoms with Gasteiger partial charge in [-0.3, -0.25) is 4.98 Å². The number of pyridine rings is 1. The predicted molar refractivity (Wildman–Crippen MR) is 74.3 cm³/mol. The Labute approximate surface area is 115 Å². The van der Waals surface area contributed by atoms with Gasteiger partial charge in [-0.15, -0.1) is 0 Å². The molecule has 0 amide bonds. The van der Waals surface area contributed by atoms with Crippen LogP contribution in [0.3, 0.4) is 0 Å². The van der Waals surface area contributed by atoms with Crippen LogP contribution in [0.2, 0.25) is 0 Å². The Morgan fingerprint density at radius 3 is 2.63 bits per heavy atom. The average molecular weight is 284 g/mol. The summed E-state index contributed by atoms with van der Waals surface area (Å²) < 4.78 is 25.5. The second kappa shape index (κ2) is 6.45. The highest BCUT2D eigenvalue weighted by Crippen LogP contribution is 2.03. The zero-order chi connectivity index (χ0) is 13.7. The third-order valence-electron chi connectivity index (χ3n) is 3.44. The molecule has 1 aliphatic rings. The molecule has 5 nitrogen and oxygen atoms in total. The Morgan fingerprint density at radius 1 is 1.32 bits per heavy atom. The van der Waals surface area contributed by atoms with Crippen molar-refractivity contribution in [3.05, 3.63) is 30.1 Å². The summed E-state index contributed by atoms with van der Waals surface area (Å²) in [7, 11) is -3.03. The largest absolute Gasteiger partial charge is 0.328 e. The Kier molecular flexibility index (Phi) is 4.90. The van der Waals surface area contributed by atoms with Crippen molar-refractivity contribution in [2.24, 2.45) is 0 Å². The molecule has 1 aromatic rings. The molecule has 0 unspecified atom stereocenters. The topological polar surface area (TPSA) is 54.7 Å². The van der Waals surface area contributed by atoms with Crippen molar-refractivity contribution in [1.29, 1.82) is 0 Å². The Balaban J connectivity index is 1.86. The van der Waals surface area contributed by atoms with Crippen molar-refractivity contribution in [1.82, 2.24) is 9.29 Å². The summed E-state index contributed by atoms with van der Waals surface area (Å²) in [5, 5.41) is 0. The first-order valence-electron chi connectivity index (χ1n) is 6.83. The first-order chi connectivity index (χ1) is 9.12. The number of aromatic nitrogens is 1. The van der Waals surface area contributed by atoms with Gasteiger partial charge in [-0.05, 0) is 18.6 Å². The number of nitrogens with one attached hydrogen (secondary N) is 1. The van der Waals surface area contributed by atoms with Gasteiger partial charge in [-0.2, -0.15) is 4.31 Å². The van der Waals surface area contributed by atoms with Gasteiger partial charge in [0.1, 0.15) is 6.54 Å². The van der Waals surface area contributed by atoms with E-state index in [2.05, 4.69) is 4.98 Å². The second-order valence-electron chi connectivity index (χ2n) is 4.96. The van der Waals surface area contributed by atoms with Crippen molar-refractivity contribution in [3.63, 3.8) is 0 Å². The third-order valence-corrected chi connectivity index (χ3v) is 5.52. The standard InChI is InChI=1S/C13H21N3O2S/c1-2-11-19(17,18)16-9-7-15(8-10-16)12-13-5-3-4-6-14-13/h3-6H,2,7-12H2,1H3/p+1. The SMILES string of the molecule is CCCS(=O)(=O)N1CC[NH+](Cc2ccccn2)CC1. The number of hydrogen-bond acceptors (Lipinski definition) is 3. The van der Waals surface area contributed by atoms with E-state index >= 15 is 0 Å². The number of quaternary nitrogens is 1. The average Bonchev–Trinajstić information content (AvgIpc) is 2.40. The van der Waals surface area contributed by atoms with Crippen LogP contribution in [0.1, 0.15) is 19.0 Å². The minimum atomic E-state index is -3.03. The fourth-order valence-corrected chi connectivity index (χ4v) is 3.92. The van der Waals surface area contributed by atoms with Crippen molar-refractivity contribution in [3.8, 4) is 0 Å². The molecule has 0 aromatic carbocycles. The lowest BCUT2D eigenvalue weighted by Gasteiger charge is -2.31. The van der Waals surface area contributed by atoms with Crippen LogP contribution in [-0.4, -0.2) is 49.6 Å². The molecule has 0 bridgehead atoms.